The molecular formula is C21H21ClN2O4S. The Bertz CT molecular complexity index is 1140. The molecule has 29 heavy (non-hydrogen) atoms. The first-order valence-corrected chi connectivity index (χ1v) is 11.1. The number of hydrogen-bond donors (Lipinski definition) is 0. The topological polar surface area (TPSA) is 89.2 Å². The van der Waals surface area contributed by atoms with E-state index >= 15 is 0 Å². The number of nitrogens with zero attached hydrogens (tertiary/aromatic N) is 2. The molecule has 0 spiro atoms. The maximum Gasteiger partial charge on any atom is 0.349 e. The highest BCUT2D eigenvalue weighted by molar-refractivity contribution is 7.90. The molecule has 2 aromatic rings. The zero-order valence-electron chi connectivity index (χ0n) is 16.4. The van der Waals surface area contributed by atoms with Gasteiger partial charge in [0.2, 0.25) is 0 Å². The fourth-order valence-electron chi connectivity index (χ4n) is 3.58. The number of nitriles is 1. The van der Waals surface area contributed by atoms with Crippen molar-refractivity contribution in [2.45, 2.75) is 43.9 Å². The number of esters is 1. The fraction of sp³-hybridized carbons (Fsp3) is 0.333. The molecule has 8 heteroatoms. The zero-order chi connectivity index (χ0) is 21.3. The van der Waals surface area contributed by atoms with Gasteiger partial charge in [-0.15, -0.1) is 11.6 Å². The van der Waals surface area contributed by atoms with Gasteiger partial charge in [-0.25, -0.2) is 17.2 Å². The summed E-state index contributed by atoms with van der Waals surface area (Å²) in [6.45, 7) is 5.34. The molecule has 1 aromatic heterocycles. The van der Waals surface area contributed by atoms with E-state index in [1.807, 2.05) is 13.0 Å². The van der Waals surface area contributed by atoms with Crippen LogP contribution in [-0.4, -0.2) is 30.3 Å². The molecule has 1 unspecified atom stereocenters. The first-order chi connectivity index (χ1) is 13.7. The highest BCUT2D eigenvalue weighted by atomic mass is 35.5. The van der Waals surface area contributed by atoms with Crippen molar-refractivity contribution in [3.8, 4) is 6.07 Å². The number of ether oxygens (including phenoxy) is 1. The van der Waals surface area contributed by atoms with Gasteiger partial charge >= 0.3 is 5.97 Å². The predicted octanol–water partition coefficient (Wildman–Crippen LogP) is 3.74. The van der Waals surface area contributed by atoms with Gasteiger partial charge in [0.15, 0.2) is 0 Å². The summed E-state index contributed by atoms with van der Waals surface area (Å²) in [6.07, 6.45) is 0.814. The highest BCUT2D eigenvalue weighted by Gasteiger charge is 2.34. The molecule has 0 radical (unpaired) electrons. The molecule has 0 bridgehead atoms. The van der Waals surface area contributed by atoms with Crippen LogP contribution in [0.1, 0.15) is 35.9 Å². The molecule has 0 amide bonds. The van der Waals surface area contributed by atoms with E-state index in [0.717, 1.165) is 5.56 Å². The minimum Gasteiger partial charge on any atom is -0.462 e. The number of alkyl halides is 1. The summed E-state index contributed by atoms with van der Waals surface area (Å²) >= 11 is 6.46. The molecule has 6 nitrogen and oxygen atoms in total. The van der Waals surface area contributed by atoms with E-state index in [0.29, 0.717) is 35.4 Å². The van der Waals surface area contributed by atoms with Crippen LogP contribution in [-0.2, 0) is 26.0 Å². The van der Waals surface area contributed by atoms with Crippen molar-refractivity contribution >= 4 is 33.2 Å². The lowest BCUT2D eigenvalue weighted by Gasteiger charge is -2.23. The number of aryl methyl sites for hydroxylation is 2. The molecule has 0 N–H and O–H groups in total. The standard InChI is InChI=1S/C21H21ClN2O4S/c1-4-28-21(25)17(12-23)20-16-11-14(3)24(19(16)10-9-18(20)22)29(26,27)15-7-5-13(2)6-8-15/h5-8,11,18H,4,9-10H2,1-3H3. The minimum absolute atomic E-state index is 0.124. The van der Waals surface area contributed by atoms with Crippen LogP contribution in [0.25, 0.3) is 5.57 Å². The van der Waals surface area contributed by atoms with Crippen molar-refractivity contribution in [2.75, 3.05) is 6.61 Å². The lowest BCUT2D eigenvalue weighted by atomic mass is 9.88. The lowest BCUT2D eigenvalue weighted by Crippen LogP contribution is -2.23. The summed E-state index contributed by atoms with van der Waals surface area (Å²) in [7, 11) is -3.84. The van der Waals surface area contributed by atoms with Crippen LogP contribution in [0.5, 0.6) is 0 Å². The van der Waals surface area contributed by atoms with Gasteiger partial charge in [0, 0.05) is 22.5 Å². The summed E-state index contributed by atoms with van der Waals surface area (Å²) in [4.78, 5) is 12.5. The van der Waals surface area contributed by atoms with Crippen molar-refractivity contribution in [1.82, 2.24) is 3.97 Å². The Hall–Kier alpha value is -2.56. The molecule has 0 fully saturated rings. The summed E-state index contributed by atoms with van der Waals surface area (Å²) in [5.41, 5.74) is 2.62. The fourth-order valence-corrected chi connectivity index (χ4v) is 5.52. The quantitative estimate of drug-likeness (QED) is 0.318. The van der Waals surface area contributed by atoms with Crippen LogP contribution in [0.2, 0.25) is 0 Å². The van der Waals surface area contributed by atoms with Gasteiger partial charge in [-0.3, -0.25) is 0 Å². The van der Waals surface area contributed by atoms with Gasteiger partial charge in [0.25, 0.3) is 10.0 Å². The first kappa shape index (κ1) is 21.2. The molecule has 1 aliphatic rings. The summed E-state index contributed by atoms with van der Waals surface area (Å²) in [5, 5.41) is 8.98. The molecule has 0 saturated carbocycles. The number of carbonyl (C=O) groups is 1. The number of carbonyl (C=O) groups excluding carboxylic acids is 1. The Kier molecular flexibility index (Phi) is 5.87. The molecule has 1 heterocycles. The van der Waals surface area contributed by atoms with Crippen LogP contribution in [0.15, 0.2) is 40.8 Å². The maximum absolute atomic E-state index is 13.3. The van der Waals surface area contributed by atoms with E-state index in [9.17, 15) is 18.5 Å². The van der Waals surface area contributed by atoms with Crippen molar-refractivity contribution in [3.05, 3.63) is 58.4 Å². The number of halogens is 1. The number of allylic oxidation sites excluding steroid dienone is 1. The molecule has 1 atom stereocenters. The van der Waals surface area contributed by atoms with Gasteiger partial charge in [-0.1, -0.05) is 17.7 Å². The third-order valence-corrected chi connectivity index (χ3v) is 7.18. The summed E-state index contributed by atoms with van der Waals surface area (Å²) in [6, 6.07) is 10.2. The lowest BCUT2D eigenvalue weighted by molar-refractivity contribution is -0.137. The SMILES string of the molecule is CCOC(=O)C(C#N)=C1c2cc(C)n(S(=O)(=O)c3ccc(C)cc3)c2CCC1Cl. The van der Waals surface area contributed by atoms with Crippen molar-refractivity contribution in [3.63, 3.8) is 0 Å². The molecule has 0 aliphatic heterocycles. The van der Waals surface area contributed by atoms with Crippen LogP contribution in [0.4, 0.5) is 0 Å². The Labute approximate surface area is 175 Å². The minimum atomic E-state index is -3.84. The zero-order valence-corrected chi connectivity index (χ0v) is 18.0. The summed E-state index contributed by atoms with van der Waals surface area (Å²) < 4.78 is 32.9. The van der Waals surface area contributed by atoms with Gasteiger partial charge in [-0.05, 0) is 51.8 Å². The van der Waals surface area contributed by atoms with Gasteiger partial charge in [0.1, 0.15) is 11.6 Å². The third kappa shape index (κ3) is 3.70. The van der Waals surface area contributed by atoms with Gasteiger partial charge in [-0.2, -0.15) is 5.26 Å². The van der Waals surface area contributed by atoms with E-state index in [4.69, 9.17) is 16.3 Å². The van der Waals surface area contributed by atoms with E-state index in [2.05, 4.69) is 0 Å². The second kappa shape index (κ2) is 8.05. The number of aromatic nitrogens is 1. The monoisotopic (exact) mass is 432 g/mol. The van der Waals surface area contributed by atoms with Gasteiger partial charge < -0.3 is 4.74 Å². The molecule has 1 aliphatic carbocycles. The molecule has 152 valence electrons. The van der Waals surface area contributed by atoms with E-state index in [1.54, 1.807) is 44.2 Å². The van der Waals surface area contributed by atoms with E-state index in [-0.39, 0.29) is 17.1 Å². The van der Waals surface area contributed by atoms with Crippen LogP contribution in [0.3, 0.4) is 0 Å². The third-order valence-electron chi connectivity index (χ3n) is 4.89. The second-order valence-corrected chi connectivity index (χ2v) is 9.17. The number of hydrogen-bond acceptors (Lipinski definition) is 5. The largest absolute Gasteiger partial charge is 0.462 e. The maximum atomic E-state index is 13.3. The number of rotatable bonds is 4. The van der Waals surface area contributed by atoms with E-state index in [1.165, 1.54) is 3.97 Å². The van der Waals surface area contributed by atoms with Gasteiger partial charge in [0.05, 0.1) is 16.9 Å². The molecule has 0 saturated heterocycles. The number of fused-ring (bicyclic) bond motifs is 1. The Morgan fingerprint density at radius 1 is 1.31 bits per heavy atom. The van der Waals surface area contributed by atoms with Crippen LogP contribution >= 0.6 is 11.6 Å². The van der Waals surface area contributed by atoms with Crippen molar-refractivity contribution < 1.29 is 17.9 Å². The molecule has 3 rings (SSSR count). The predicted molar refractivity (Wildman–Crippen MR) is 110 cm³/mol. The first-order valence-electron chi connectivity index (χ1n) is 9.21. The van der Waals surface area contributed by atoms with Crippen LogP contribution < -0.4 is 0 Å². The average molecular weight is 433 g/mol. The highest BCUT2D eigenvalue weighted by Crippen LogP contribution is 2.39. The van der Waals surface area contributed by atoms with Crippen molar-refractivity contribution in [1.29, 1.82) is 5.26 Å². The smallest absolute Gasteiger partial charge is 0.349 e. The average Bonchev–Trinajstić information content (AvgIpc) is 3.01. The Balaban J connectivity index is 2.24. The second-order valence-electron chi connectivity index (χ2n) is 6.86. The van der Waals surface area contributed by atoms with Crippen LogP contribution in [0, 0.1) is 25.2 Å². The Morgan fingerprint density at radius 3 is 2.55 bits per heavy atom. The Morgan fingerprint density at radius 2 is 1.97 bits per heavy atom. The molecule has 1 aromatic carbocycles. The van der Waals surface area contributed by atoms with E-state index < -0.39 is 21.4 Å². The number of benzene rings is 1. The molecular weight excluding hydrogens is 412 g/mol. The normalized spacial score (nSPS) is 18.0. The van der Waals surface area contributed by atoms with Crippen molar-refractivity contribution in [2.24, 2.45) is 0 Å². The summed E-state index contributed by atoms with van der Waals surface area (Å²) in [5.74, 6) is -0.754.